The molecule has 0 aliphatic rings. The smallest absolute Gasteiger partial charge is 0.267 e. The van der Waals surface area contributed by atoms with Crippen LogP contribution < -0.4 is 10.6 Å². The maximum atomic E-state index is 12.1. The maximum Gasteiger partial charge on any atom is 0.267 e. The zero-order valence-corrected chi connectivity index (χ0v) is 16.6. The lowest BCUT2D eigenvalue weighted by Crippen LogP contribution is -2.14. The Hall–Kier alpha value is -2.23. The van der Waals surface area contributed by atoms with Gasteiger partial charge in [-0.2, -0.15) is 0 Å². The minimum atomic E-state index is -0.208. The molecule has 3 aromatic rings. The first-order valence-electron chi connectivity index (χ1n) is 7.69. The standard InChI is InChI=1S/C17H16N4O2S3/c1-10-5-6-12(11(2)8-10)18-14(22)9-25-17-21-20-16(26-17)19-15(23)13-4-3-7-24-13/h3-8H,9H2,1-2H3,(H,18,22)(H,19,20,23). The van der Waals surface area contributed by atoms with Gasteiger partial charge in [0.1, 0.15) is 0 Å². The third kappa shape index (κ3) is 4.90. The third-order valence-electron chi connectivity index (χ3n) is 3.35. The van der Waals surface area contributed by atoms with Gasteiger partial charge >= 0.3 is 0 Å². The van der Waals surface area contributed by atoms with E-state index in [1.54, 1.807) is 6.07 Å². The Kier molecular flexibility index (Phi) is 6.02. The fourth-order valence-corrected chi connectivity index (χ4v) is 4.32. The largest absolute Gasteiger partial charge is 0.325 e. The van der Waals surface area contributed by atoms with Crippen LogP contribution in [0.1, 0.15) is 20.8 Å². The van der Waals surface area contributed by atoms with Gasteiger partial charge in [-0.05, 0) is 36.9 Å². The van der Waals surface area contributed by atoms with Gasteiger partial charge < -0.3 is 5.32 Å². The Morgan fingerprint density at radius 2 is 2.00 bits per heavy atom. The minimum absolute atomic E-state index is 0.110. The van der Waals surface area contributed by atoms with Gasteiger partial charge in [-0.15, -0.1) is 21.5 Å². The van der Waals surface area contributed by atoms with E-state index < -0.39 is 0 Å². The van der Waals surface area contributed by atoms with Crippen molar-refractivity contribution in [2.24, 2.45) is 0 Å². The van der Waals surface area contributed by atoms with Crippen LogP contribution in [0.15, 0.2) is 40.1 Å². The van der Waals surface area contributed by atoms with Gasteiger partial charge in [-0.1, -0.05) is 46.9 Å². The number of carbonyl (C=O) groups excluding carboxylic acids is 2. The van der Waals surface area contributed by atoms with Crippen LogP contribution in [0.25, 0.3) is 0 Å². The number of carbonyl (C=O) groups is 2. The number of thioether (sulfide) groups is 1. The summed E-state index contributed by atoms with van der Waals surface area (Å²) < 4.78 is 0.627. The van der Waals surface area contributed by atoms with Crippen molar-refractivity contribution in [1.29, 1.82) is 0 Å². The molecule has 0 bridgehead atoms. The molecule has 134 valence electrons. The highest BCUT2D eigenvalue weighted by molar-refractivity contribution is 8.01. The molecule has 9 heteroatoms. The Morgan fingerprint density at radius 3 is 2.73 bits per heavy atom. The molecular weight excluding hydrogens is 388 g/mol. The number of amides is 2. The molecule has 0 saturated heterocycles. The second-order valence-electron chi connectivity index (χ2n) is 5.46. The molecule has 0 fully saturated rings. The summed E-state index contributed by atoms with van der Waals surface area (Å²) in [5, 5.41) is 15.8. The first kappa shape index (κ1) is 18.6. The number of hydrogen-bond donors (Lipinski definition) is 2. The second kappa shape index (κ2) is 8.43. The van der Waals surface area contributed by atoms with E-state index >= 15 is 0 Å². The van der Waals surface area contributed by atoms with Crippen LogP contribution in [0.3, 0.4) is 0 Å². The number of nitrogens with one attached hydrogen (secondary N) is 2. The lowest BCUT2D eigenvalue weighted by Gasteiger charge is -2.08. The predicted octanol–water partition coefficient (Wildman–Crippen LogP) is 4.20. The molecule has 0 aliphatic heterocycles. The highest BCUT2D eigenvalue weighted by atomic mass is 32.2. The number of rotatable bonds is 6. The van der Waals surface area contributed by atoms with Crippen LogP contribution in [-0.4, -0.2) is 27.8 Å². The maximum absolute atomic E-state index is 12.1. The summed E-state index contributed by atoms with van der Waals surface area (Å²) in [5.74, 6) is -0.0949. The number of aromatic nitrogens is 2. The molecule has 0 aliphatic carbocycles. The summed E-state index contributed by atoms with van der Waals surface area (Å²) in [6, 6.07) is 9.44. The molecule has 0 unspecified atom stereocenters. The van der Waals surface area contributed by atoms with E-state index in [-0.39, 0.29) is 17.6 Å². The van der Waals surface area contributed by atoms with Crippen molar-refractivity contribution in [2.45, 2.75) is 18.2 Å². The van der Waals surface area contributed by atoms with Gasteiger partial charge in [0.05, 0.1) is 10.6 Å². The van der Waals surface area contributed by atoms with E-state index in [1.807, 2.05) is 43.5 Å². The lowest BCUT2D eigenvalue weighted by molar-refractivity contribution is -0.113. The summed E-state index contributed by atoms with van der Waals surface area (Å²) in [6.45, 7) is 3.97. The van der Waals surface area contributed by atoms with Crippen molar-refractivity contribution in [2.75, 3.05) is 16.4 Å². The van der Waals surface area contributed by atoms with Crippen LogP contribution in [0.5, 0.6) is 0 Å². The zero-order valence-electron chi connectivity index (χ0n) is 14.1. The van der Waals surface area contributed by atoms with Gasteiger partial charge in [-0.3, -0.25) is 14.9 Å². The van der Waals surface area contributed by atoms with Crippen molar-refractivity contribution in [3.8, 4) is 0 Å². The Bertz CT molecular complexity index is 922. The van der Waals surface area contributed by atoms with Gasteiger partial charge in [0.2, 0.25) is 11.0 Å². The third-order valence-corrected chi connectivity index (χ3v) is 6.20. The Labute approximate surface area is 163 Å². The number of thiophene rings is 1. The zero-order chi connectivity index (χ0) is 18.5. The molecule has 2 heterocycles. The summed E-state index contributed by atoms with van der Waals surface area (Å²) in [7, 11) is 0. The molecule has 26 heavy (non-hydrogen) atoms. The molecule has 0 radical (unpaired) electrons. The average Bonchev–Trinajstić information content (AvgIpc) is 3.27. The molecule has 3 rings (SSSR count). The molecule has 2 aromatic heterocycles. The van der Waals surface area contributed by atoms with E-state index in [0.29, 0.717) is 14.3 Å². The number of aryl methyl sites for hydroxylation is 2. The monoisotopic (exact) mass is 404 g/mol. The first-order valence-corrected chi connectivity index (χ1v) is 10.4. The van der Waals surface area contributed by atoms with Crippen LogP contribution >= 0.6 is 34.4 Å². The van der Waals surface area contributed by atoms with Crippen molar-refractivity contribution in [3.63, 3.8) is 0 Å². The van der Waals surface area contributed by atoms with Crippen molar-refractivity contribution in [3.05, 3.63) is 51.7 Å². The molecular formula is C17H16N4O2S3. The Balaban J connectivity index is 1.51. The van der Waals surface area contributed by atoms with Crippen LogP contribution in [-0.2, 0) is 4.79 Å². The fourth-order valence-electron chi connectivity index (χ4n) is 2.15. The van der Waals surface area contributed by atoms with Crippen LogP contribution in [0.2, 0.25) is 0 Å². The quantitative estimate of drug-likeness (QED) is 0.475. The van der Waals surface area contributed by atoms with Gasteiger partial charge in [-0.25, -0.2) is 0 Å². The summed E-state index contributed by atoms with van der Waals surface area (Å²) >= 11 is 3.89. The highest BCUT2D eigenvalue weighted by Gasteiger charge is 2.12. The molecule has 2 amide bonds. The predicted molar refractivity (Wildman–Crippen MR) is 107 cm³/mol. The normalized spacial score (nSPS) is 10.5. The van der Waals surface area contributed by atoms with Gasteiger partial charge in [0, 0.05) is 5.69 Å². The highest BCUT2D eigenvalue weighted by Crippen LogP contribution is 2.26. The summed E-state index contributed by atoms with van der Waals surface area (Å²) in [6.07, 6.45) is 0. The average molecular weight is 405 g/mol. The molecule has 0 spiro atoms. The molecule has 6 nitrogen and oxygen atoms in total. The topological polar surface area (TPSA) is 84.0 Å². The SMILES string of the molecule is Cc1ccc(NC(=O)CSc2nnc(NC(=O)c3cccs3)s2)c(C)c1. The van der Waals surface area contributed by atoms with E-state index in [1.165, 1.54) is 34.4 Å². The number of anilines is 2. The van der Waals surface area contributed by atoms with Gasteiger partial charge in [0.25, 0.3) is 5.91 Å². The van der Waals surface area contributed by atoms with E-state index in [0.717, 1.165) is 16.8 Å². The second-order valence-corrected chi connectivity index (χ2v) is 8.61. The number of benzene rings is 1. The molecule has 1 aromatic carbocycles. The number of hydrogen-bond acceptors (Lipinski definition) is 7. The van der Waals surface area contributed by atoms with Gasteiger partial charge in [0.15, 0.2) is 4.34 Å². The minimum Gasteiger partial charge on any atom is -0.325 e. The van der Waals surface area contributed by atoms with E-state index in [4.69, 9.17) is 0 Å². The molecule has 0 saturated carbocycles. The van der Waals surface area contributed by atoms with E-state index in [9.17, 15) is 9.59 Å². The van der Waals surface area contributed by atoms with Crippen molar-refractivity contribution in [1.82, 2.24) is 10.2 Å². The Morgan fingerprint density at radius 1 is 1.15 bits per heavy atom. The van der Waals surface area contributed by atoms with Crippen LogP contribution in [0.4, 0.5) is 10.8 Å². The lowest BCUT2D eigenvalue weighted by atomic mass is 10.1. The summed E-state index contributed by atoms with van der Waals surface area (Å²) in [4.78, 5) is 24.7. The summed E-state index contributed by atoms with van der Waals surface area (Å²) in [5.41, 5.74) is 2.99. The van der Waals surface area contributed by atoms with Crippen molar-refractivity contribution >= 4 is 57.1 Å². The van der Waals surface area contributed by atoms with Crippen molar-refractivity contribution < 1.29 is 9.59 Å². The van der Waals surface area contributed by atoms with E-state index in [2.05, 4.69) is 20.8 Å². The van der Waals surface area contributed by atoms with Crippen LogP contribution in [0, 0.1) is 13.8 Å². The molecule has 0 atom stereocenters. The number of nitrogens with zero attached hydrogens (tertiary/aromatic N) is 2. The first-order chi connectivity index (χ1) is 12.5. The molecule has 2 N–H and O–H groups in total. The fraction of sp³-hybridized carbons (Fsp3) is 0.176.